The maximum atomic E-state index is 17.0. The molecule has 1 saturated carbocycles. The summed E-state index contributed by atoms with van der Waals surface area (Å²) in [5.74, 6) is -1.89. The van der Waals surface area contributed by atoms with Crippen molar-refractivity contribution in [3.05, 3.63) is 53.3 Å². The van der Waals surface area contributed by atoms with Gasteiger partial charge in [-0.3, -0.25) is 0 Å². The number of aryl methyl sites for hydroxylation is 1. The van der Waals surface area contributed by atoms with E-state index in [-0.39, 0.29) is 51.3 Å². The summed E-state index contributed by atoms with van der Waals surface area (Å²) in [5, 5.41) is 15.4. The Hall–Kier alpha value is -3.67. The minimum absolute atomic E-state index is 0.000851. The van der Waals surface area contributed by atoms with Gasteiger partial charge in [-0.25, -0.2) is 13.2 Å². The van der Waals surface area contributed by atoms with Crippen molar-refractivity contribution in [2.45, 2.75) is 64.0 Å². The molecular weight excluding hydrogens is 631 g/mol. The zero-order chi connectivity index (χ0) is 33.5. The second-order valence-electron chi connectivity index (χ2n) is 15.3. The molecule has 1 aliphatic carbocycles. The second kappa shape index (κ2) is 11.7. The average Bonchev–Trinajstić information content (AvgIpc) is 3.76. The number of fused-ring (bicyclic) bond motifs is 4. The highest BCUT2D eigenvalue weighted by Gasteiger charge is 2.48. The molecule has 0 amide bonds. The van der Waals surface area contributed by atoms with Crippen LogP contribution in [0, 0.1) is 28.3 Å². The summed E-state index contributed by atoms with van der Waals surface area (Å²) < 4.78 is 60.2. The lowest BCUT2D eigenvalue weighted by molar-refractivity contribution is -0.140. The normalized spacial score (nSPS) is 24.1. The quantitative estimate of drug-likeness (QED) is 0.224. The zero-order valence-corrected chi connectivity index (χ0v) is 27.8. The molecule has 49 heavy (non-hydrogen) atoms. The molecule has 1 spiro atoms. The van der Waals surface area contributed by atoms with Crippen LogP contribution in [-0.2, 0) is 11.2 Å². The number of nitrogens with one attached hydrogen (secondary N) is 1. The number of likely N-dealkylation sites (tertiary alicyclic amines) is 1. The summed E-state index contributed by atoms with van der Waals surface area (Å²) in [7, 11) is 0. The molecular formula is C38H42F3N5O3. The molecule has 5 fully saturated rings. The van der Waals surface area contributed by atoms with E-state index >= 15 is 13.2 Å². The van der Waals surface area contributed by atoms with Gasteiger partial charge < -0.3 is 29.7 Å². The molecule has 258 valence electrons. The maximum absolute atomic E-state index is 17.0. The first-order valence-electron chi connectivity index (χ1n) is 17.8. The zero-order valence-electron chi connectivity index (χ0n) is 27.8. The number of aromatic hydroxyl groups is 1. The third kappa shape index (κ3) is 5.49. The molecule has 3 aromatic carbocycles. The fourth-order valence-corrected chi connectivity index (χ4v) is 8.81. The number of phenols is 1. The third-order valence-corrected chi connectivity index (χ3v) is 11.9. The molecule has 2 atom stereocenters. The third-order valence-electron chi connectivity index (χ3n) is 11.9. The molecule has 4 saturated heterocycles. The van der Waals surface area contributed by atoms with Gasteiger partial charge >= 0.3 is 6.01 Å². The lowest BCUT2D eigenvalue weighted by Gasteiger charge is -2.47. The van der Waals surface area contributed by atoms with E-state index < -0.39 is 17.5 Å². The van der Waals surface area contributed by atoms with Gasteiger partial charge in [0.1, 0.15) is 28.7 Å². The number of aromatic nitrogens is 2. The molecule has 9 rings (SSSR count). The Bertz CT molecular complexity index is 1940. The highest BCUT2D eigenvalue weighted by Crippen LogP contribution is 2.48. The molecule has 2 bridgehead atoms. The molecule has 2 unspecified atom stereocenters. The van der Waals surface area contributed by atoms with E-state index in [0.29, 0.717) is 53.7 Å². The number of anilines is 1. The van der Waals surface area contributed by atoms with Crippen LogP contribution in [0.3, 0.4) is 0 Å². The van der Waals surface area contributed by atoms with Crippen LogP contribution >= 0.6 is 0 Å². The number of halogens is 3. The van der Waals surface area contributed by atoms with Crippen LogP contribution in [0.25, 0.3) is 32.8 Å². The number of rotatable bonds is 8. The van der Waals surface area contributed by atoms with Gasteiger partial charge in [-0.1, -0.05) is 13.0 Å². The summed E-state index contributed by atoms with van der Waals surface area (Å²) in [6, 6.07) is 7.53. The van der Waals surface area contributed by atoms with E-state index in [1.165, 1.54) is 30.3 Å². The summed E-state index contributed by atoms with van der Waals surface area (Å²) in [4.78, 5) is 14.1. The number of nitrogens with zero attached hydrogens (tertiary/aromatic N) is 4. The standard InChI is InChI=1S/C38H42F3N5O3/c1-2-26-29(39)6-3-22-13-25(47)14-27(31(22)26)32-30(40)15-28-34(33(32)41)43-36(44-35(28)46-16-23-4-5-24(17-46)42-23)49-21-37(7-8-37)18-45-11-9-38(10-12-45)19-48-20-38/h3,6,13-15,23-24,42,47H,2,4-5,7-12,16-21H2,1H3. The van der Waals surface area contributed by atoms with E-state index in [1.54, 1.807) is 6.92 Å². The van der Waals surface area contributed by atoms with Crippen LogP contribution in [0.4, 0.5) is 19.0 Å². The Morgan fingerprint density at radius 1 is 0.980 bits per heavy atom. The Morgan fingerprint density at radius 2 is 1.73 bits per heavy atom. The first kappa shape index (κ1) is 31.3. The van der Waals surface area contributed by atoms with Crippen molar-refractivity contribution in [1.82, 2.24) is 20.2 Å². The first-order chi connectivity index (χ1) is 23.7. The molecule has 4 aromatic rings. The van der Waals surface area contributed by atoms with E-state index in [4.69, 9.17) is 14.5 Å². The molecule has 1 aromatic heterocycles. The maximum Gasteiger partial charge on any atom is 0.319 e. The fraction of sp³-hybridized carbons (Fsp3) is 0.526. The van der Waals surface area contributed by atoms with E-state index in [0.717, 1.165) is 71.4 Å². The van der Waals surface area contributed by atoms with Gasteiger partial charge in [0.25, 0.3) is 0 Å². The topological polar surface area (TPSA) is 83.0 Å². The Labute approximate surface area is 283 Å². The van der Waals surface area contributed by atoms with Crippen LogP contribution < -0.4 is 15.0 Å². The van der Waals surface area contributed by atoms with Crippen molar-refractivity contribution < 1.29 is 27.8 Å². The fourth-order valence-electron chi connectivity index (χ4n) is 8.81. The summed E-state index contributed by atoms with van der Waals surface area (Å²) in [6.07, 6.45) is 6.79. The minimum Gasteiger partial charge on any atom is -0.508 e. The van der Waals surface area contributed by atoms with Gasteiger partial charge in [0.2, 0.25) is 0 Å². The Balaban J connectivity index is 1.10. The summed E-state index contributed by atoms with van der Waals surface area (Å²) >= 11 is 0. The molecule has 5 heterocycles. The molecule has 4 aliphatic heterocycles. The van der Waals surface area contributed by atoms with Gasteiger partial charge in [-0.2, -0.15) is 9.97 Å². The second-order valence-corrected chi connectivity index (χ2v) is 15.3. The van der Waals surface area contributed by atoms with Gasteiger partial charge in [0, 0.05) is 47.9 Å². The number of piperazine rings is 1. The number of ether oxygens (including phenoxy) is 2. The van der Waals surface area contributed by atoms with Crippen LogP contribution in [0.5, 0.6) is 11.8 Å². The number of hydrogen-bond acceptors (Lipinski definition) is 8. The lowest BCUT2D eigenvalue weighted by atomic mass is 9.76. The largest absolute Gasteiger partial charge is 0.508 e. The summed E-state index contributed by atoms with van der Waals surface area (Å²) in [6.45, 7) is 8.35. The molecule has 5 aliphatic rings. The first-order valence-corrected chi connectivity index (χ1v) is 17.8. The van der Waals surface area contributed by atoms with Crippen LogP contribution in [0.15, 0.2) is 30.3 Å². The van der Waals surface area contributed by atoms with Crippen molar-refractivity contribution in [3.63, 3.8) is 0 Å². The van der Waals surface area contributed by atoms with Crippen LogP contribution in [-0.4, -0.2) is 84.6 Å². The van der Waals surface area contributed by atoms with E-state index in [9.17, 15) is 5.11 Å². The Morgan fingerprint density at radius 3 is 2.41 bits per heavy atom. The van der Waals surface area contributed by atoms with E-state index in [2.05, 4.69) is 20.1 Å². The van der Waals surface area contributed by atoms with Gasteiger partial charge in [-0.15, -0.1) is 0 Å². The smallest absolute Gasteiger partial charge is 0.319 e. The van der Waals surface area contributed by atoms with Crippen molar-refractivity contribution >= 4 is 27.5 Å². The van der Waals surface area contributed by atoms with Crippen molar-refractivity contribution in [1.29, 1.82) is 0 Å². The number of phenolic OH excluding ortho intramolecular Hbond substituents is 1. The molecule has 8 nitrogen and oxygen atoms in total. The van der Waals surface area contributed by atoms with Gasteiger partial charge in [0.05, 0.1) is 25.4 Å². The van der Waals surface area contributed by atoms with Crippen LogP contribution in [0.2, 0.25) is 0 Å². The Kier molecular flexibility index (Phi) is 7.48. The molecule has 2 N–H and O–H groups in total. The van der Waals surface area contributed by atoms with Gasteiger partial charge in [-0.05, 0) is 104 Å². The van der Waals surface area contributed by atoms with Gasteiger partial charge in [0.15, 0.2) is 5.82 Å². The monoisotopic (exact) mass is 673 g/mol. The van der Waals surface area contributed by atoms with Crippen molar-refractivity contribution in [2.75, 3.05) is 57.4 Å². The number of benzene rings is 3. The predicted molar refractivity (Wildman–Crippen MR) is 182 cm³/mol. The lowest BCUT2D eigenvalue weighted by Crippen LogP contribution is -2.52. The average molecular weight is 674 g/mol. The molecule has 11 heteroatoms. The summed E-state index contributed by atoms with van der Waals surface area (Å²) in [5.41, 5.74) is 0.378. The molecule has 0 radical (unpaired) electrons. The van der Waals surface area contributed by atoms with Crippen LogP contribution in [0.1, 0.15) is 51.0 Å². The number of piperidine rings is 1. The SMILES string of the molecule is CCc1c(F)ccc2cc(O)cc(-c3c(F)cc4c(N5CC6CCC(C5)N6)nc(OCC5(CN6CCC7(CC6)COC7)CC5)nc4c3F)c12. The van der Waals surface area contributed by atoms with E-state index in [1.807, 2.05) is 0 Å². The predicted octanol–water partition coefficient (Wildman–Crippen LogP) is 6.35. The highest BCUT2D eigenvalue weighted by molar-refractivity contribution is 6.03. The number of hydrogen-bond donors (Lipinski definition) is 2. The minimum atomic E-state index is -0.886. The highest BCUT2D eigenvalue weighted by atomic mass is 19.1. The van der Waals surface area contributed by atoms with Crippen molar-refractivity contribution in [3.8, 4) is 22.9 Å². The van der Waals surface area contributed by atoms with Crippen molar-refractivity contribution in [2.24, 2.45) is 10.8 Å².